The van der Waals surface area contributed by atoms with Crippen molar-refractivity contribution in [2.24, 2.45) is 10.3 Å². The molecule has 1 N–H and O–H groups in total. The molecule has 0 aromatic heterocycles. The van der Waals surface area contributed by atoms with Crippen LogP contribution in [0.4, 0.5) is 11.4 Å². The molecule has 10 heteroatoms. The van der Waals surface area contributed by atoms with Crippen molar-refractivity contribution in [1.82, 2.24) is 5.01 Å². The van der Waals surface area contributed by atoms with Crippen LogP contribution in [0.3, 0.4) is 0 Å². The fourth-order valence-electron chi connectivity index (χ4n) is 3.51. The van der Waals surface area contributed by atoms with Gasteiger partial charge in [-0.1, -0.05) is 11.3 Å². The molecule has 31 heavy (non-hydrogen) atoms. The predicted octanol–water partition coefficient (Wildman–Crippen LogP) is 2.03. The topological polar surface area (TPSA) is 113 Å². The highest BCUT2D eigenvalue weighted by Gasteiger charge is 2.55. The van der Waals surface area contributed by atoms with E-state index in [2.05, 4.69) is 15.7 Å². The Morgan fingerprint density at radius 2 is 1.87 bits per heavy atom. The highest BCUT2D eigenvalue weighted by Crippen LogP contribution is 2.32. The standard InChI is InChI=1S/C21H21N5O5/c1-3-31-15-9-7-14(8-10-15)26-20(28)18-19(21(26)29)25(24-23-18)12-17(27)22-13-5-4-6-16(11-13)30-2/h4-11,18-19H,3,12H2,1-2H3,(H,22,27)/t18-,19-/m1/s1. The van der Waals surface area contributed by atoms with E-state index in [4.69, 9.17) is 9.47 Å². The predicted molar refractivity (Wildman–Crippen MR) is 111 cm³/mol. The third-order valence-corrected chi connectivity index (χ3v) is 4.92. The van der Waals surface area contributed by atoms with Crippen LogP contribution >= 0.6 is 0 Å². The number of imide groups is 1. The molecule has 2 aromatic rings. The van der Waals surface area contributed by atoms with Crippen molar-refractivity contribution < 1.29 is 23.9 Å². The first kappa shape index (κ1) is 20.3. The van der Waals surface area contributed by atoms with Gasteiger partial charge >= 0.3 is 0 Å². The van der Waals surface area contributed by atoms with Crippen molar-refractivity contribution in [1.29, 1.82) is 0 Å². The normalized spacial score (nSPS) is 19.5. The molecule has 3 amide bonds. The maximum absolute atomic E-state index is 13.0. The number of nitrogens with zero attached hydrogens (tertiary/aromatic N) is 4. The summed E-state index contributed by atoms with van der Waals surface area (Å²) >= 11 is 0. The molecule has 0 spiro atoms. The monoisotopic (exact) mass is 423 g/mol. The highest BCUT2D eigenvalue weighted by atomic mass is 16.5. The number of fused-ring (bicyclic) bond motifs is 1. The zero-order chi connectivity index (χ0) is 22.0. The number of benzene rings is 2. The first-order valence-electron chi connectivity index (χ1n) is 9.74. The van der Waals surface area contributed by atoms with Crippen molar-refractivity contribution in [3.05, 3.63) is 48.5 Å². The number of rotatable bonds is 7. The number of nitrogens with one attached hydrogen (secondary N) is 1. The SMILES string of the molecule is CCOc1ccc(N2C(=O)[C@@H]3N=NN(CC(=O)Nc4cccc(OC)c4)[C@H]3C2=O)cc1. The van der Waals surface area contributed by atoms with E-state index >= 15 is 0 Å². The lowest BCUT2D eigenvalue weighted by atomic mass is 10.1. The second-order valence-corrected chi connectivity index (χ2v) is 6.91. The molecule has 4 rings (SSSR count). The van der Waals surface area contributed by atoms with Crippen LogP contribution in [0.5, 0.6) is 11.5 Å². The lowest BCUT2D eigenvalue weighted by molar-refractivity contribution is -0.123. The maximum Gasteiger partial charge on any atom is 0.263 e. The lowest BCUT2D eigenvalue weighted by Crippen LogP contribution is -2.43. The molecule has 0 bridgehead atoms. The van der Waals surface area contributed by atoms with Crippen molar-refractivity contribution in [2.45, 2.75) is 19.0 Å². The van der Waals surface area contributed by atoms with Crippen LogP contribution in [0.2, 0.25) is 0 Å². The molecule has 1 saturated heterocycles. The van der Waals surface area contributed by atoms with E-state index < -0.39 is 29.8 Å². The summed E-state index contributed by atoms with van der Waals surface area (Å²) in [5.41, 5.74) is 0.964. The highest BCUT2D eigenvalue weighted by molar-refractivity contribution is 6.25. The first-order valence-corrected chi connectivity index (χ1v) is 9.74. The zero-order valence-electron chi connectivity index (χ0n) is 17.0. The average molecular weight is 423 g/mol. The summed E-state index contributed by atoms with van der Waals surface area (Å²) in [6, 6.07) is 11.6. The summed E-state index contributed by atoms with van der Waals surface area (Å²) < 4.78 is 10.5. The van der Waals surface area contributed by atoms with Gasteiger partial charge in [0.15, 0.2) is 12.1 Å². The number of ether oxygens (including phenoxy) is 2. The zero-order valence-corrected chi connectivity index (χ0v) is 17.0. The molecule has 2 aromatic carbocycles. The number of hydrogen-bond acceptors (Lipinski definition) is 8. The Bertz CT molecular complexity index is 1040. The van der Waals surface area contributed by atoms with Crippen LogP contribution < -0.4 is 19.7 Å². The van der Waals surface area contributed by atoms with E-state index in [0.29, 0.717) is 29.5 Å². The van der Waals surface area contributed by atoms with E-state index in [1.54, 1.807) is 48.5 Å². The Kier molecular flexibility index (Phi) is 5.52. The smallest absolute Gasteiger partial charge is 0.263 e. The van der Waals surface area contributed by atoms with Crippen molar-refractivity contribution in [3.8, 4) is 11.5 Å². The average Bonchev–Trinajstić information content (AvgIpc) is 3.28. The molecule has 2 aliphatic rings. The van der Waals surface area contributed by atoms with Gasteiger partial charge in [0.2, 0.25) is 5.91 Å². The molecular formula is C21H21N5O5. The third-order valence-electron chi connectivity index (χ3n) is 4.92. The maximum atomic E-state index is 13.0. The quantitative estimate of drug-likeness (QED) is 0.682. The molecule has 2 aliphatic heterocycles. The number of anilines is 2. The largest absolute Gasteiger partial charge is 0.497 e. The second kappa shape index (κ2) is 8.42. The van der Waals surface area contributed by atoms with E-state index in [9.17, 15) is 14.4 Å². The van der Waals surface area contributed by atoms with Gasteiger partial charge in [-0.2, -0.15) is 5.11 Å². The minimum atomic E-state index is -0.969. The summed E-state index contributed by atoms with van der Waals surface area (Å²) in [4.78, 5) is 39.3. The van der Waals surface area contributed by atoms with Gasteiger partial charge in [0, 0.05) is 11.8 Å². The summed E-state index contributed by atoms with van der Waals surface area (Å²) in [7, 11) is 1.53. The molecule has 2 atom stereocenters. The van der Waals surface area contributed by atoms with E-state index in [1.165, 1.54) is 12.1 Å². The van der Waals surface area contributed by atoms with E-state index in [1.807, 2.05) is 6.92 Å². The molecule has 2 heterocycles. The number of carbonyl (C=O) groups excluding carboxylic acids is 3. The fourth-order valence-corrected chi connectivity index (χ4v) is 3.51. The number of amides is 3. The van der Waals surface area contributed by atoms with Crippen LogP contribution in [0.15, 0.2) is 58.9 Å². The van der Waals surface area contributed by atoms with Crippen molar-refractivity contribution in [2.75, 3.05) is 30.5 Å². The minimum Gasteiger partial charge on any atom is -0.497 e. The van der Waals surface area contributed by atoms with Gasteiger partial charge < -0.3 is 14.8 Å². The van der Waals surface area contributed by atoms with Gasteiger partial charge in [-0.3, -0.25) is 19.4 Å². The lowest BCUT2D eigenvalue weighted by Gasteiger charge is -2.20. The Hall–Kier alpha value is -3.95. The molecule has 0 saturated carbocycles. The molecule has 0 unspecified atom stereocenters. The number of carbonyl (C=O) groups is 3. The second-order valence-electron chi connectivity index (χ2n) is 6.91. The Balaban J connectivity index is 1.45. The van der Waals surface area contributed by atoms with Gasteiger partial charge in [-0.15, -0.1) is 0 Å². The van der Waals surface area contributed by atoms with Crippen LogP contribution in [0.1, 0.15) is 6.92 Å². The Labute approximate surface area is 178 Å². The van der Waals surface area contributed by atoms with Crippen molar-refractivity contribution >= 4 is 29.1 Å². The molecule has 0 radical (unpaired) electrons. The van der Waals surface area contributed by atoms with Crippen LogP contribution in [-0.4, -0.2) is 55.1 Å². The minimum absolute atomic E-state index is 0.224. The summed E-state index contributed by atoms with van der Waals surface area (Å²) in [6.45, 7) is 2.16. The molecular weight excluding hydrogens is 402 g/mol. The summed E-state index contributed by atoms with van der Waals surface area (Å²) in [6.07, 6.45) is 0. The molecule has 10 nitrogen and oxygen atoms in total. The van der Waals surface area contributed by atoms with Gasteiger partial charge in [0.05, 0.1) is 19.4 Å². The van der Waals surface area contributed by atoms with Crippen LogP contribution in [0, 0.1) is 0 Å². The third kappa shape index (κ3) is 3.91. The first-order chi connectivity index (χ1) is 15.0. The van der Waals surface area contributed by atoms with E-state index in [-0.39, 0.29) is 6.54 Å². The summed E-state index contributed by atoms with van der Waals surface area (Å²) in [5.74, 6) is -0.105. The van der Waals surface area contributed by atoms with Crippen LogP contribution in [-0.2, 0) is 14.4 Å². The molecule has 1 fully saturated rings. The van der Waals surface area contributed by atoms with Gasteiger partial charge in [-0.05, 0) is 43.3 Å². The van der Waals surface area contributed by atoms with Gasteiger partial charge in [0.25, 0.3) is 11.8 Å². The fraction of sp³-hybridized carbons (Fsp3) is 0.286. The van der Waals surface area contributed by atoms with Crippen molar-refractivity contribution in [3.63, 3.8) is 0 Å². The summed E-state index contributed by atoms with van der Waals surface area (Å²) in [5, 5.41) is 11.8. The number of methoxy groups -OCH3 is 1. The molecule has 0 aliphatic carbocycles. The van der Waals surface area contributed by atoms with Crippen LogP contribution in [0.25, 0.3) is 0 Å². The van der Waals surface area contributed by atoms with Gasteiger partial charge in [0.1, 0.15) is 18.0 Å². The Morgan fingerprint density at radius 1 is 1.10 bits per heavy atom. The number of hydrogen-bond donors (Lipinski definition) is 1. The van der Waals surface area contributed by atoms with E-state index in [0.717, 1.165) is 4.90 Å². The van der Waals surface area contributed by atoms with Gasteiger partial charge in [-0.25, -0.2) is 4.90 Å². The Morgan fingerprint density at radius 3 is 2.58 bits per heavy atom. The molecule has 160 valence electrons.